The van der Waals surface area contributed by atoms with Gasteiger partial charge in [0.2, 0.25) is 5.91 Å². The zero-order chi connectivity index (χ0) is 11.0. The molecule has 1 amide bonds. The Kier molecular flexibility index (Phi) is 2.40. The van der Waals surface area contributed by atoms with E-state index >= 15 is 0 Å². The zero-order valence-electron chi connectivity index (χ0n) is 8.30. The molecule has 4 heteroatoms. The zero-order valence-corrected chi connectivity index (χ0v) is 9.06. The van der Waals surface area contributed by atoms with Crippen LogP contribution in [0.1, 0.15) is 11.3 Å². The summed E-state index contributed by atoms with van der Waals surface area (Å²) in [6.45, 7) is 1.91. The molecule has 0 atom stereocenters. The monoisotopic (exact) mass is 222 g/mol. The summed E-state index contributed by atoms with van der Waals surface area (Å²) in [7, 11) is 0. The van der Waals surface area contributed by atoms with Gasteiger partial charge in [0.25, 0.3) is 0 Å². The van der Waals surface area contributed by atoms with Crippen LogP contribution in [0.15, 0.2) is 18.2 Å². The van der Waals surface area contributed by atoms with Crippen LogP contribution in [0.4, 0.5) is 0 Å². The first-order valence-corrected chi connectivity index (χ1v) is 5.01. The molecular weight excluding hydrogens is 212 g/mol. The third kappa shape index (κ3) is 1.70. The van der Waals surface area contributed by atoms with Gasteiger partial charge in [-0.2, -0.15) is 0 Å². The number of primary amides is 1. The van der Waals surface area contributed by atoms with Crippen LogP contribution in [0.25, 0.3) is 10.9 Å². The van der Waals surface area contributed by atoms with Gasteiger partial charge in [-0.3, -0.25) is 4.79 Å². The third-order valence-corrected chi connectivity index (χ3v) is 2.77. The molecule has 0 bridgehead atoms. The molecule has 2 rings (SSSR count). The summed E-state index contributed by atoms with van der Waals surface area (Å²) in [6.07, 6.45) is 0.242. The fraction of sp³-hybridized carbons (Fsp3) is 0.182. The largest absolute Gasteiger partial charge is 0.369 e. The average molecular weight is 223 g/mol. The number of hydrogen-bond donors (Lipinski definition) is 2. The number of halogens is 1. The van der Waals surface area contributed by atoms with Crippen molar-refractivity contribution in [1.82, 2.24) is 4.98 Å². The molecule has 2 aromatic rings. The van der Waals surface area contributed by atoms with Crippen LogP contribution in [0, 0.1) is 6.92 Å². The fourth-order valence-corrected chi connectivity index (χ4v) is 1.99. The SMILES string of the molecule is Cc1[nH]c2c(Cl)cccc2c1CC(N)=O. The van der Waals surface area contributed by atoms with E-state index in [9.17, 15) is 4.79 Å². The van der Waals surface area contributed by atoms with Gasteiger partial charge in [0, 0.05) is 11.1 Å². The third-order valence-electron chi connectivity index (χ3n) is 2.45. The number of H-pyrrole nitrogens is 1. The first-order valence-electron chi connectivity index (χ1n) is 4.63. The molecule has 0 aliphatic heterocycles. The van der Waals surface area contributed by atoms with E-state index in [1.165, 1.54) is 0 Å². The first-order chi connectivity index (χ1) is 7.09. The molecule has 1 heterocycles. The van der Waals surface area contributed by atoms with Gasteiger partial charge in [-0.05, 0) is 18.6 Å². The molecule has 1 aromatic heterocycles. The molecular formula is C11H11ClN2O. The predicted molar refractivity (Wildman–Crippen MR) is 60.9 cm³/mol. The minimum absolute atomic E-state index is 0.242. The number of para-hydroxylation sites is 1. The summed E-state index contributed by atoms with van der Waals surface area (Å²) in [5, 5.41) is 1.63. The Morgan fingerprint density at radius 2 is 2.27 bits per heavy atom. The average Bonchev–Trinajstić information content (AvgIpc) is 2.45. The number of nitrogens with two attached hydrogens (primary N) is 1. The van der Waals surface area contributed by atoms with Gasteiger partial charge in [0.15, 0.2) is 0 Å². The molecule has 3 N–H and O–H groups in total. The maximum absolute atomic E-state index is 10.9. The lowest BCUT2D eigenvalue weighted by atomic mass is 10.1. The van der Waals surface area contributed by atoms with Crippen LogP contribution in [0.2, 0.25) is 5.02 Å². The van der Waals surface area contributed by atoms with Crippen molar-refractivity contribution in [1.29, 1.82) is 0 Å². The summed E-state index contributed by atoms with van der Waals surface area (Å²) in [6, 6.07) is 5.61. The number of nitrogens with one attached hydrogen (secondary N) is 1. The van der Waals surface area contributed by atoms with E-state index in [2.05, 4.69) is 4.98 Å². The summed E-state index contributed by atoms with van der Waals surface area (Å²) in [4.78, 5) is 14.1. The minimum Gasteiger partial charge on any atom is -0.369 e. The molecule has 0 saturated heterocycles. The van der Waals surface area contributed by atoms with Gasteiger partial charge in [-0.25, -0.2) is 0 Å². The van der Waals surface area contributed by atoms with Crippen LogP contribution in [0.5, 0.6) is 0 Å². The van der Waals surface area contributed by atoms with Crippen LogP contribution in [-0.2, 0) is 11.2 Å². The van der Waals surface area contributed by atoms with Crippen molar-refractivity contribution in [2.24, 2.45) is 5.73 Å². The smallest absolute Gasteiger partial charge is 0.221 e. The number of carbonyl (C=O) groups is 1. The normalized spacial score (nSPS) is 10.8. The molecule has 1 aromatic carbocycles. The van der Waals surface area contributed by atoms with E-state index in [1.54, 1.807) is 0 Å². The van der Waals surface area contributed by atoms with Crippen molar-refractivity contribution in [2.45, 2.75) is 13.3 Å². The maximum Gasteiger partial charge on any atom is 0.221 e. The highest BCUT2D eigenvalue weighted by molar-refractivity contribution is 6.35. The van der Waals surface area contributed by atoms with Crippen LogP contribution in [0.3, 0.4) is 0 Å². The topological polar surface area (TPSA) is 58.9 Å². The summed E-state index contributed by atoms with van der Waals surface area (Å²) in [5.74, 6) is -0.334. The first kappa shape index (κ1) is 10.1. The molecule has 0 unspecified atom stereocenters. The number of carbonyl (C=O) groups excluding carboxylic acids is 1. The molecule has 15 heavy (non-hydrogen) atoms. The second-order valence-electron chi connectivity index (χ2n) is 3.53. The molecule has 0 radical (unpaired) electrons. The van der Waals surface area contributed by atoms with Crippen molar-refractivity contribution in [3.05, 3.63) is 34.5 Å². The summed E-state index contributed by atoms with van der Waals surface area (Å²) in [5.41, 5.74) is 7.94. The number of amides is 1. The van der Waals surface area contributed by atoms with Gasteiger partial charge in [-0.1, -0.05) is 23.7 Å². The second-order valence-corrected chi connectivity index (χ2v) is 3.94. The standard InChI is InChI=1S/C11H11ClN2O/c1-6-8(5-10(13)15)7-3-2-4-9(12)11(7)14-6/h2-4,14H,5H2,1H3,(H2,13,15). The molecule has 78 valence electrons. The van der Waals surface area contributed by atoms with E-state index in [0.29, 0.717) is 5.02 Å². The highest BCUT2D eigenvalue weighted by Crippen LogP contribution is 2.27. The van der Waals surface area contributed by atoms with E-state index < -0.39 is 0 Å². The number of aromatic amines is 1. The van der Waals surface area contributed by atoms with Crippen molar-refractivity contribution >= 4 is 28.4 Å². The lowest BCUT2D eigenvalue weighted by molar-refractivity contribution is -0.117. The fourth-order valence-electron chi connectivity index (χ4n) is 1.77. The lowest BCUT2D eigenvalue weighted by Gasteiger charge is -1.97. The van der Waals surface area contributed by atoms with Crippen LogP contribution < -0.4 is 5.73 Å². The van der Waals surface area contributed by atoms with Gasteiger partial charge in [0.05, 0.1) is 17.0 Å². The van der Waals surface area contributed by atoms with Crippen molar-refractivity contribution < 1.29 is 4.79 Å². The number of fused-ring (bicyclic) bond motifs is 1. The molecule has 0 aliphatic rings. The quantitative estimate of drug-likeness (QED) is 0.804. The summed E-state index contributed by atoms with van der Waals surface area (Å²) < 4.78 is 0. The molecule has 0 fully saturated rings. The second kappa shape index (κ2) is 3.59. The highest BCUT2D eigenvalue weighted by atomic mass is 35.5. The van der Waals surface area contributed by atoms with Gasteiger partial charge < -0.3 is 10.7 Å². The number of aryl methyl sites for hydroxylation is 1. The Hall–Kier alpha value is -1.48. The number of aromatic nitrogens is 1. The van der Waals surface area contributed by atoms with Crippen molar-refractivity contribution in [2.75, 3.05) is 0 Å². The highest BCUT2D eigenvalue weighted by Gasteiger charge is 2.11. The molecule has 0 saturated carbocycles. The van der Waals surface area contributed by atoms with Gasteiger partial charge in [-0.15, -0.1) is 0 Å². The molecule has 3 nitrogen and oxygen atoms in total. The Morgan fingerprint density at radius 1 is 1.53 bits per heavy atom. The Labute approximate surface area is 92.2 Å². The van der Waals surface area contributed by atoms with E-state index in [4.69, 9.17) is 17.3 Å². The van der Waals surface area contributed by atoms with Crippen molar-refractivity contribution in [3.63, 3.8) is 0 Å². The number of rotatable bonds is 2. The van der Waals surface area contributed by atoms with Gasteiger partial charge in [0.1, 0.15) is 0 Å². The summed E-state index contributed by atoms with van der Waals surface area (Å²) >= 11 is 6.03. The maximum atomic E-state index is 10.9. The Morgan fingerprint density at radius 3 is 2.93 bits per heavy atom. The minimum atomic E-state index is -0.334. The molecule has 0 spiro atoms. The predicted octanol–water partition coefficient (Wildman–Crippen LogP) is 2.16. The van der Waals surface area contributed by atoms with Crippen molar-refractivity contribution in [3.8, 4) is 0 Å². The van der Waals surface area contributed by atoms with Crippen LogP contribution >= 0.6 is 11.6 Å². The lowest BCUT2D eigenvalue weighted by Crippen LogP contribution is -2.13. The van der Waals surface area contributed by atoms with Crippen LogP contribution in [-0.4, -0.2) is 10.9 Å². The Balaban J connectivity index is 2.68. The number of hydrogen-bond acceptors (Lipinski definition) is 1. The van der Waals surface area contributed by atoms with E-state index in [0.717, 1.165) is 22.2 Å². The van der Waals surface area contributed by atoms with Gasteiger partial charge >= 0.3 is 0 Å². The molecule has 0 aliphatic carbocycles. The van der Waals surface area contributed by atoms with E-state index in [-0.39, 0.29) is 12.3 Å². The van der Waals surface area contributed by atoms with E-state index in [1.807, 2.05) is 25.1 Å². The Bertz CT molecular complexity index is 531. The number of benzene rings is 1.